The van der Waals surface area contributed by atoms with E-state index < -0.39 is 0 Å². The summed E-state index contributed by atoms with van der Waals surface area (Å²) in [6.07, 6.45) is 0. The van der Waals surface area contributed by atoms with E-state index in [1.165, 1.54) is 11.3 Å². The van der Waals surface area contributed by atoms with Crippen molar-refractivity contribution >= 4 is 22.4 Å². The molecule has 0 aliphatic rings. The first-order valence-corrected chi connectivity index (χ1v) is 9.39. The third-order valence-corrected chi connectivity index (χ3v) is 4.86. The van der Waals surface area contributed by atoms with E-state index in [0.29, 0.717) is 10.9 Å². The Kier molecular flexibility index (Phi) is 5.76. The summed E-state index contributed by atoms with van der Waals surface area (Å²) >= 11 is 1.44. The van der Waals surface area contributed by atoms with Crippen LogP contribution >= 0.6 is 11.3 Å². The van der Waals surface area contributed by atoms with Crippen LogP contribution < -0.4 is 14.8 Å². The van der Waals surface area contributed by atoms with Crippen molar-refractivity contribution in [2.75, 3.05) is 19.0 Å². The van der Waals surface area contributed by atoms with Crippen LogP contribution in [0, 0.1) is 20.8 Å². The number of nitrogens with zero attached hydrogens (tertiary/aromatic N) is 1. The molecule has 0 aliphatic heterocycles. The fourth-order valence-corrected chi connectivity index (χ4v) is 3.64. The summed E-state index contributed by atoms with van der Waals surface area (Å²) in [4.78, 5) is 17.8. The Morgan fingerprint density at radius 2 is 1.70 bits per heavy atom. The number of methoxy groups -OCH3 is 1. The average molecular weight is 382 g/mol. The highest BCUT2D eigenvalue weighted by Crippen LogP contribution is 2.31. The van der Waals surface area contributed by atoms with E-state index in [1.807, 2.05) is 57.2 Å². The van der Waals surface area contributed by atoms with E-state index in [4.69, 9.17) is 9.47 Å². The van der Waals surface area contributed by atoms with Crippen molar-refractivity contribution in [1.29, 1.82) is 0 Å². The number of amides is 1. The zero-order valence-corrected chi connectivity index (χ0v) is 16.6. The fraction of sp³-hybridized carbons (Fsp3) is 0.238. The molecule has 3 rings (SSSR count). The molecule has 0 saturated heterocycles. The third kappa shape index (κ3) is 4.86. The van der Waals surface area contributed by atoms with E-state index in [1.54, 1.807) is 7.11 Å². The van der Waals surface area contributed by atoms with Crippen LogP contribution in [-0.2, 0) is 4.79 Å². The Balaban J connectivity index is 1.64. The maximum atomic E-state index is 12.2. The molecule has 0 spiro atoms. The van der Waals surface area contributed by atoms with Crippen LogP contribution in [0.3, 0.4) is 0 Å². The van der Waals surface area contributed by atoms with E-state index in [2.05, 4.69) is 16.4 Å². The topological polar surface area (TPSA) is 60.5 Å². The smallest absolute Gasteiger partial charge is 0.264 e. The summed E-state index contributed by atoms with van der Waals surface area (Å²) < 4.78 is 10.8. The fourth-order valence-electron chi connectivity index (χ4n) is 2.79. The highest BCUT2D eigenvalue weighted by atomic mass is 32.1. The molecule has 0 saturated carbocycles. The number of carbonyl (C=O) groups excluding carboxylic acids is 1. The average Bonchev–Trinajstić information content (AvgIpc) is 2.99. The Morgan fingerprint density at radius 3 is 2.33 bits per heavy atom. The van der Waals surface area contributed by atoms with Gasteiger partial charge in [-0.15, -0.1) is 11.3 Å². The minimum absolute atomic E-state index is 0.0562. The molecule has 3 aromatic rings. The molecule has 0 radical (unpaired) electrons. The maximum absolute atomic E-state index is 12.2. The Bertz CT molecular complexity index is 928. The number of hydrogen-bond donors (Lipinski definition) is 1. The minimum atomic E-state index is -0.232. The zero-order valence-electron chi connectivity index (χ0n) is 15.8. The highest BCUT2D eigenvalue weighted by Gasteiger charge is 2.13. The van der Waals surface area contributed by atoms with Crippen LogP contribution in [0.5, 0.6) is 11.5 Å². The number of aryl methyl sites for hydroxylation is 3. The van der Waals surface area contributed by atoms with Crippen molar-refractivity contribution in [1.82, 2.24) is 4.98 Å². The normalized spacial score (nSPS) is 10.5. The van der Waals surface area contributed by atoms with Crippen molar-refractivity contribution in [3.05, 3.63) is 58.5 Å². The molecule has 0 fully saturated rings. The number of nitrogens with one attached hydrogen (secondary N) is 1. The van der Waals surface area contributed by atoms with Crippen molar-refractivity contribution in [2.45, 2.75) is 20.8 Å². The van der Waals surface area contributed by atoms with Gasteiger partial charge in [0.25, 0.3) is 5.91 Å². The van der Waals surface area contributed by atoms with Gasteiger partial charge >= 0.3 is 0 Å². The van der Waals surface area contributed by atoms with Crippen LogP contribution in [0.2, 0.25) is 0 Å². The molecule has 1 N–H and O–H groups in total. The van der Waals surface area contributed by atoms with E-state index >= 15 is 0 Å². The Hall–Kier alpha value is -2.86. The largest absolute Gasteiger partial charge is 0.497 e. The van der Waals surface area contributed by atoms with E-state index in [0.717, 1.165) is 33.0 Å². The first kappa shape index (κ1) is 18.9. The Morgan fingerprint density at radius 1 is 1.04 bits per heavy atom. The molecule has 0 atom stereocenters. The summed E-state index contributed by atoms with van der Waals surface area (Å²) in [5.74, 6) is 1.25. The molecule has 1 aromatic heterocycles. The van der Waals surface area contributed by atoms with Crippen molar-refractivity contribution in [3.8, 4) is 22.8 Å². The highest BCUT2D eigenvalue weighted by molar-refractivity contribution is 7.16. The second-order valence-corrected chi connectivity index (χ2v) is 7.52. The lowest BCUT2D eigenvalue weighted by molar-refractivity contribution is -0.118. The molecule has 140 valence electrons. The summed E-state index contributed by atoms with van der Waals surface area (Å²) in [6, 6.07) is 13.6. The monoisotopic (exact) mass is 382 g/mol. The molecule has 0 unspecified atom stereocenters. The number of rotatable bonds is 6. The lowest BCUT2D eigenvalue weighted by Gasteiger charge is -2.07. The Labute approximate surface area is 163 Å². The molecule has 1 heterocycles. The van der Waals surface area contributed by atoms with Gasteiger partial charge in [-0.25, -0.2) is 4.98 Å². The second-order valence-electron chi connectivity index (χ2n) is 6.31. The van der Waals surface area contributed by atoms with Gasteiger partial charge < -0.3 is 9.47 Å². The number of carbonyl (C=O) groups is 1. The summed E-state index contributed by atoms with van der Waals surface area (Å²) in [7, 11) is 1.64. The number of hydrogen-bond acceptors (Lipinski definition) is 5. The molecular weight excluding hydrogens is 360 g/mol. The number of benzene rings is 2. The quantitative estimate of drug-likeness (QED) is 0.668. The first-order chi connectivity index (χ1) is 12.9. The summed E-state index contributed by atoms with van der Waals surface area (Å²) in [6.45, 7) is 5.93. The maximum Gasteiger partial charge on any atom is 0.264 e. The van der Waals surface area contributed by atoms with Gasteiger partial charge in [-0.1, -0.05) is 6.07 Å². The number of thiazole rings is 1. The number of aromatic nitrogens is 1. The predicted octanol–water partition coefficient (Wildman–Crippen LogP) is 4.76. The van der Waals surface area contributed by atoms with Crippen LogP contribution in [-0.4, -0.2) is 24.6 Å². The van der Waals surface area contributed by atoms with Crippen LogP contribution in [0.1, 0.15) is 16.0 Å². The van der Waals surface area contributed by atoms with Gasteiger partial charge in [0, 0.05) is 10.4 Å². The molecule has 6 heteroatoms. The van der Waals surface area contributed by atoms with Gasteiger partial charge in [0.15, 0.2) is 11.7 Å². The molecular formula is C21H22N2O3S. The molecule has 27 heavy (non-hydrogen) atoms. The zero-order chi connectivity index (χ0) is 19.4. The summed E-state index contributed by atoms with van der Waals surface area (Å²) in [5, 5.41) is 3.38. The van der Waals surface area contributed by atoms with E-state index in [9.17, 15) is 4.79 Å². The SMILES string of the molecule is COc1ccc(-c2nc(NC(=O)COc3cc(C)cc(C)c3)sc2C)cc1. The second kappa shape index (κ2) is 8.22. The standard InChI is InChI=1S/C21H22N2O3S/c1-13-9-14(2)11-18(10-13)26-12-19(24)22-21-23-20(15(3)27-21)16-5-7-17(25-4)8-6-16/h5-11H,12H2,1-4H3,(H,22,23,24). The molecule has 2 aromatic carbocycles. The lowest BCUT2D eigenvalue weighted by atomic mass is 10.1. The third-order valence-electron chi connectivity index (χ3n) is 3.97. The van der Waals surface area contributed by atoms with Crippen molar-refractivity contribution in [3.63, 3.8) is 0 Å². The summed E-state index contributed by atoms with van der Waals surface area (Å²) in [5.41, 5.74) is 4.04. The van der Waals surface area contributed by atoms with Crippen LogP contribution in [0.4, 0.5) is 5.13 Å². The van der Waals surface area contributed by atoms with Crippen molar-refractivity contribution < 1.29 is 14.3 Å². The number of ether oxygens (including phenoxy) is 2. The molecule has 0 bridgehead atoms. The van der Waals surface area contributed by atoms with Gasteiger partial charge in [0.05, 0.1) is 12.8 Å². The minimum Gasteiger partial charge on any atom is -0.497 e. The molecule has 0 aliphatic carbocycles. The van der Waals surface area contributed by atoms with E-state index in [-0.39, 0.29) is 12.5 Å². The van der Waals surface area contributed by atoms with Gasteiger partial charge in [0.1, 0.15) is 11.5 Å². The van der Waals surface area contributed by atoms with Crippen LogP contribution in [0.15, 0.2) is 42.5 Å². The molecule has 1 amide bonds. The lowest BCUT2D eigenvalue weighted by Crippen LogP contribution is -2.20. The number of anilines is 1. The van der Waals surface area contributed by atoms with Crippen molar-refractivity contribution in [2.24, 2.45) is 0 Å². The van der Waals surface area contributed by atoms with Gasteiger partial charge in [0.2, 0.25) is 0 Å². The predicted molar refractivity (Wildman–Crippen MR) is 109 cm³/mol. The van der Waals surface area contributed by atoms with Crippen LogP contribution in [0.25, 0.3) is 11.3 Å². The van der Waals surface area contributed by atoms with Gasteiger partial charge in [-0.2, -0.15) is 0 Å². The first-order valence-electron chi connectivity index (χ1n) is 8.57. The molecule has 5 nitrogen and oxygen atoms in total. The van der Waals surface area contributed by atoms with Gasteiger partial charge in [-0.05, 0) is 68.3 Å². The van der Waals surface area contributed by atoms with Gasteiger partial charge in [-0.3, -0.25) is 10.1 Å².